The molecule has 1 aliphatic heterocycles. The third-order valence-corrected chi connectivity index (χ3v) is 4.05. The van der Waals surface area contributed by atoms with E-state index in [1.807, 2.05) is 0 Å². The molecule has 0 saturated carbocycles. The molecule has 0 aliphatic carbocycles. The number of rotatable bonds is 4. The summed E-state index contributed by atoms with van der Waals surface area (Å²) in [5.74, 6) is -0.365. The summed E-state index contributed by atoms with van der Waals surface area (Å²) >= 11 is 0. The summed E-state index contributed by atoms with van der Waals surface area (Å²) in [7, 11) is 0. The third kappa shape index (κ3) is 4.08. The van der Waals surface area contributed by atoms with Crippen LogP contribution in [0.3, 0.4) is 0 Å². The van der Waals surface area contributed by atoms with Gasteiger partial charge in [0.2, 0.25) is 0 Å². The van der Waals surface area contributed by atoms with Gasteiger partial charge < -0.3 is 19.9 Å². The molecule has 2 aromatic carbocycles. The fourth-order valence-corrected chi connectivity index (χ4v) is 2.76. The fraction of sp³-hybridized carbons (Fsp3) is 0.278. The van der Waals surface area contributed by atoms with Gasteiger partial charge in [0.05, 0.1) is 13.2 Å². The van der Waals surface area contributed by atoms with E-state index in [9.17, 15) is 23.1 Å². The number of carbonyl (C=O) groups is 1. The molecule has 1 atom stereocenters. The summed E-state index contributed by atoms with van der Waals surface area (Å²) in [6, 6.07) is 11.6. The van der Waals surface area contributed by atoms with E-state index < -0.39 is 23.6 Å². The second-order valence-corrected chi connectivity index (χ2v) is 5.88. The smallest absolute Gasteiger partial charge is 0.493 e. The molecule has 0 spiro atoms. The average Bonchev–Trinajstić information content (AvgIpc) is 2.59. The Morgan fingerprint density at radius 3 is 2.58 bits per heavy atom. The summed E-state index contributed by atoms with van der Waals surface area (Å²) in [5.41, 5.74) is -0.534. The molecular formula is C18H16F3NO4. The highest BCUT2D eigenvalue weighted by Gasteiger charge is 2.36. The van der Waals surface area contributed by atoms with Crippen LogP contribution in [0, 0.1) is 0 Å². The van der Waals surface area contributed by atoms with Gasteiger partial charge in [0, 0.05) is 17.5 Å². The number of benzene rings is 2. The zero-order valence-corrected chi connectivity index (χ0v) is 13.5. The van der Waals surface area contributed by atoms with Crippen LogP contribution in [-0.4, -0.2) is 30.5 Å². The third-order valence-electron chi connectivity index (χ3n) is 4.05. The van der Waals surface area contributed by atoms with Gasteiger partial charge in [-0.15, -0.1) is 13.2 Å². The van der Waals surface area contributed by atoms with Gasteiger partial charge in [-0.1, -0.05) is 18.2 Å². The molecule has 26 heavy (non-hydrogen) atoms. The number of fused-ring (bicyclic) bond motifs is 1. The maximum atomic E-state index is 12.2. The predicted molar refractivity (Wildman–Crippen MR) is 85.9 cm³/mol. The van der Waals surface area contributed by atoms with E-state index in [0.717, 1.165) is 12.1 Å². The standard InChI is InChI=1S/C18H16F3NO4/c19-18(20,21)26-13-7-5-12(6-8-13)16(23)22-11-17(24)9-10-25-15-4-2-1-3-14(15)17/h1-8,24H,9-11H2,(H,22,23). The van der Waals surface area contributed by atoms with Crippen molar-refractivity contribution in [2.45, 2.75) is 18.4 Å². The molecule has 0 saturated heterocycles. The molecule has 1 unspecified atom stereocenters. The molecule has 0 fully saturated rings. The molecule has 2 aromatic rings. The molecule has 8 heteroatoms. The van der Waals surface area contributed by atoms with Crippen LogP contribution >= 0.6 is 0 Å². The van der Waals surface area contributed by atoms with Gasteiger partial charge in [-0.3, -0.25) is 4.79 Å². The van der Waals surface area contributed by atoms with E-state index in [4.69, 9.17) is 4.74 Å². The number of alkyl halides is 3. The van der Waals surface area contributed by atoms with E-state index in [2.05, 4.69) is 10.1 Å². The first-order valence-corrected chi connectivity index (χ1v) is 7.86. The lowest BCUT2D eigenvalue weighted by Gasteiger charge is -2.34. The zero-order valence-electron chi connectivity index (χ0n) is 13.5. The number of amides is 1. The molecular weight excluding hydrogens is 351 g/mol. The van der Waals surface area contributed by atoms with E-state index >= 15 is 0 Å². The van der Waals surface area contributed by atoms with Crippen LogP contribution < -0.4 is 14.8 Å². The van der Waals surface area contributed by atoms with Crippen molar-refractivity contribution in [3.63, 3.8) is 0 Å². The molecule has 0 aromatic heterocycles. The van der Waals surface area contributed by atoms with E-state index in [-0.39, 0.29) is 12.1 Å². The van der Waals surface area contributed by atoms with Crippen molar-refractivity contribution in [1.82, 2.24) is 5.32 Å². The SMILES string of the molecule is O=C(NCC1(O)CCOc2ccccc21)c1ccc(OC(F)(F)F)cc1. The maximum absolute atomic E-state index is 12.2. The number of hydrogen-bond donors (Lipinski definition) is 2. The first kappa shape index (κ1) is 18.1. The minimum Gasteiger partial charge on any atom is -0.493 e. The fourth-order valence-electron chi connectivity index (χ4n) is 2.76. The lowest BCUT2D eigenvalue weighted by atomic mass is 9.88. The van der Waals surface area contributed by atoms with Crippen molar-refractivity contribution in [2.75, 3.05) is 13.2 Å². The van der Waals surface area contributed by atoms with Crippen LogP contribution in [0.2, 0.25) is 0 Å². The van der Waals surface area contributed by atoms with Gasteiger partial charge in [0.1, 0.15) is 17.1 Å². The Labute approximate surface area is 147 Å². The molecule has 0 bridgehead atoms. The van der Waals surface area contributed by atoms with Crippen molar-refractivity contribution in [3.05, 3.63) is 59.7 Å². The minimum atomic E-state index is -4.79. The van der Waals surface area contributed by atoms with Gasteiger partial charge in [-0.2, -0.15) is 0 Å². The van der Waals surface area contributed by atoms with Crippen molar-refractivity contribution in [2.24, 2.45) is 0 Å². The second kappa shape index (κ2) is 6.87. The molecule has 3 rings (SSSR count). The number of aliphatic hydroxyl groups is 1. The van der Waals surface area contributed by atoms with E-state index in [1.165, 1.54) is 12.1 Å². The summed E-state index contributed by atoms with van der Waals surface area (Å²) in [4.78, 5) is 12.2. The van der Waals surface area contributed by atoms with Crippen LogP contribution in [0.1, 0.15) is 22.3 Å². The van der Waals surface area contributed by atoms with Crippen molar-refractivity contribution < 1.29 is 32.5 Å². The Morgan fingerprint density at radius 2 is 1.88 bits per heavy atom. The van der Waals surface area contributed by atoms with Gasteiger partial charge >= 0.3 is 6.36 Å². The number of carbonyl (C=O) groups excluding carboxylic acids is 1. The number of ether oxygens (including phenoxy) is 2. The summed E-state index contributed by atoms with van der Waals surface area (Å²) < 4.78 is 45.7. The van der Waals surface area contributed by atoms with Crippen molar-refractivity contribution in [3.8, 4) is 11.5 Å². The first-order valence-electron chi connectivity index (χ1n) is 7.86. The molecule has 138 valence electrons. The number of para-hydroxylation sites is 1. The molecule has 1 aliphatic rings. The lowest BCUT2D eigenvalue weighted by Crippen LogP contribution is -2.43. The quantitative estimate of drug-likeness (QED) is 0.872. The highest BCUT2D eigenvalue weighted by Crippen LogP contribution is 2.36. The van der Waals surface area contributed by atoms with Crippen molar-refractivity contribution >= 4 is 5.91 Å². The van der Waals surface area contributed by atoms with Gasteiger partial charge in [-0.05, 0) is 30.3 Å². The van der Waals surface area contributed by atoms with Gasteiger partial charge in [-0.25, -0.2) is 0 Å². The zero-order chi connectivity index (χ0) is 18.8. The minimum absolute atomic E-state index is 0.0486. The molecule has 2 N–H and O–H groups in total. The Morgan fingerprint density at radius 1 is 1.19 bits per heavy atom. The Kier molecular flexibility index (Phi) is 4.78. The average molecular weight is 367 g/mol. The molecule has 1 amide bonds. The monoisotopic (exact) mass is 367 g/mol. The number of halogens is 3. The van der Waals surface area contributed by atoms with Gasteiger partial charge in [0.25, 0.3) is 5.91 Å². The summed E-state index contributed by atoms with van der Waals surface area (Å²) in [6.45, 7) is 0.264. The molecule has 1 heterocycles. The Hall–Kier alpha value is -2.74. The Bertz CT molecular complexity index is 792. The maximum Gasteiger partial charge on any atom is 0.573 e. The topological polar surface area (TPSA) is 67.8 Å². The molecule has 5 nitrogen and oxygen atoms in total. The highest BCUT2D eigenvalue weighted by molar-refractivity contribution is 5.94. The molecule has 0 radical (unpaired) electrons. The highest BCUT2D eigenvalue weighted by atomic mass is 19.4. The van der Waals surface area contributed by atoms with Crippen LogP contribution in [0.5, 0.6) is 11.5 Å². The van der Waals surface area contributed by atoms with Gasteiger partial charge in [0.15, 0.2) is 0 Å². The van der Waals surface area contributed by atoms with E-state index in [1.54, 1.807) is 24.3 Å². The first-order chi connectivity index (χ1) is 12.3. The largest absolute Gasteiger partial charge is 0.573 e. The lowest BCUT2D eigenvalue weighted by molar-refractivity contribution is -0.274. The van der Waals surface area contributed by atoms with Crippen LogP contribution in [0.25, 0.3) is 0 Å². The number of hydrogen-bond acceptors (Lipinski definition) is 4. The predicted octanol–water partition coefficient (Wildman–Crippen LogP) is 2.99. The Balaban J connectivity index is 1.66. The van der Waals surface area contributed by atoms with E-state index in [0.29, 0.717) is 24.3 Å². The summed E-state index contributed by atoms with van der Waals surface area (Å²) in [5, 5.41) is 13.5. The van der Waals surface area contributed by atoms with Crippen molar-refractivity contribution in [1.29, 1.82) is 0 Å². The van der Waals surface area contributed by atoms with Crippen LogP contribution in [-0.2, 0) is 5.60 Å². The number of nitrogens with one attached hydrogen (secondary N) is 1. The van der Waals surface area contributed by atoms with Crippen LogP contribution in [0.15, 0.2) is 48.5 Å². The summed E-state index contributed by atoms with van der Waals surface area (Å²) in [6.07, 6.45) is -4.48. The normalized spacial score (nSPS) is 19.2. The second-order valence-electron chi connectivity index (χ2n) is 5.88. The van der Waals surface area contributed by atoms with Crippen LogP contribution in [0.4, 0.5) is 13.2 Å².